The van der Waals surface area contributed by atoms with Crippen LogP contribution in [-0.4, -0.2) is 43.1 Å². The van der Waals surface area contributed by atoms with Gasteiger partial charge in [-0.05, 0) is 69.3 Å². The van der Waals surface area contributed by atoms with Gasteiger partial charge in [-0.15, -0.1) is 0 Å². The molecule has 0 radical (unpaired) electrons. The van der Waals surface area contributed by atoms with Crippen LogP contribution in [-0.2, 0) is 4.79 Å². The molecule has 0 aliphatic heterocycles. The smallest absolute Gasteiger partial charge is 0.396 e. The summed E-state index contributed by atoms with van der Waals surface area (Å²) in [5, 5.41) is 17.3. The van der Waals surface area contributed by atoms with Crippen LogP contribution in [0.1, 0.15) is 19.8 Å². The molecule has 1 aliphatic carbocycles. The van der Waals surface area contributed by atoms with E-state index in [0.29, 0.717) is 17.2 Å². The number of rotatable bonds is 11. The number of anilines is 1. The highest BCUT2D eigenvalue weighted by Gasteiger charge is 2.44. The Balaban J connectivity index is 2.05. The first-order valence-corrected chi connectivity index (χ1v) is 11.3. The number of aliphatic hydroxyl groups is 1. The number of nitrogens with zero attached hydrogens (tertiary/aromatic N) is 1. The van der Waals surface area contributed by atoms with Gasteiger partial charge in [-0.3, -0.25) is 15.1 Å². The third-order valence-electron chi connectivity index (χ3n) is 5.10. The molecule has 0 heterocycles. The molecule has 2 amide bonds. The average Bonchev–Trinajstić information content (AvgIpc) is 2.86. The Morgan fingerprint density at radius 3 is 2.51 bits per heavy atom. The lowest BCUT2D eigenvalue weighted by atomic mass is 9.86. The monoisotopic (exact) mass is 518 g/mol. The van der Waals surface area contributed by atoms with Crippen molar-refractivity contribution in [2.24, 2.45) is 10.9 Å². The molecule has 1 aromatic carbocycles. The first-order chi connectivity index (χ1) is 17.6. The number of amides is 2. The number of hydrogen-bond acceptors (Lipinski definition) is 6. The highest BCUT2D eigenvalue weighted by Crippen LogP contribution is 2.38. The topological polar surface area (TPSA) is 112 Å². The molecule has 2 atom stereocenters. The Kier molecular flexibility index (Phi) is 11.0. The minimum absolute atomic E-state index is 0.0259. The number of hydrogen-bond donors (Lipinski definition) is 4. The van der Waals surface area contributed by atoms with E-state index in [-0.39, 0.29) is 17.7 Å². The SMILES string of the molecule is C=NC=CC(=CCC(O)NC)Oc1ccc(NC(=O)NC2=CC=C(C(=O)C=CC)C(C(F)(F)F)C2)cc1. The molecule has 11 heteroatoms. The lowest BCUT2D eigenvalue weighted by molar-refractivity contribution is -0.166. The third-order valence-corrected chi connectivity index (χ3v) is 5.10. The van der Waals surface area contributed by atoms with E-state index >= 15 is 0 Å². The molecule has 37 heavy (non-hydrogen) atoms. The molecule has 0 aromatic heterocycles. The van der Waals surface area contributed by atoms with Crippen LogP contribution in [0.15, 0.2) is 88.9 Å². The van der Waals surface area contributed by atoms with Crippen LogP contribution in [0, 0.1) is 5.92 Å². The summed E-state index contributed by atoms with van der Waals surface area (Å²) in [6, 6.07) is 5.51. The van der Waals surface area contributed by atoms with Crippen LogP contribution in [0.25, 0.3) is 0 Å². The van der Waals surface area contributed by atoms with Crippen LogP contribution < -0.4 is 20.7 Å². The van der Waals surface area contributed by atoms with Gasteiger partial charge in [-0.25, -0.2) is 4.79 Å². The van der Waals surface area contributed by atoms with Crippen molar-refractivity contribution >= 4 is 24.2 Å². The summed E-state index contributed by atoms with van der Waals surface area (Å²) in [5.74, 6) is -1.91. The fraction of sp³-hybridized carbons (Fsp3) is 0.269. The van der Waals surface area contributed by atoms with Gasteiger partial charge in [0.05, 0.1) is 5.92 Å². The number of nitrogens with one attached hydrogen (secondary N) is 3. The predicted molar refractivity (Wildman–Crippen MR) is 136 cm³/mol. The maximum atomic E-state index is 13.5. The van der Waals surface area contributed by atoms with E-state index in [0.717, 1.165) is 12.2 Å². The van der Waals surface area contributed by atoms with Crippen molar-refractivity contribution in [1.82, 2.24) is 10.6 Å². The van der Waals surface area contributed by atoms with Crippen molar-refractivity contribution in [3.05, 3.63) is 84.0 Å². The molecular formula is C26H29F3N4O4. The lowest BCUT2D eigenvalue weighted by Crippen LogP contribution is -2.35. The number of ketones is 1. The number of allylic oxidation sites excluding steroid dienone is 7. The van der Waals surface area contributed by atoms with Crippen molar-refractivity contribution < 1.29 is 32.6 Å². The number of halogens is 3. The van der Waals surface area contributed by atoms with Gasteiger partial charge < -0.3 is 20.5 Å². The van der Waals surface area contributed by atoms with Crippen LogP contribution in [0.2, 0.25) is 0 Å². The van der Waals surface area contributed by atoms with Gasteiger partial charge in [-0.2, -0.15) is 13.2 Å². The second-order valence-corrected chi connectivity index (χ2v) is 7.83. The normalized spacial score (nSPS) is 17.2. The summed E-state index contributed by atoms with van der Waals surface area (Å²) in [6.07, 6.45) is 3.78. The quantitative estimate of drug-likeness (QED) is 0.111. The summed E-state index contributed by atoms with van der Waals surface area (Å²) >= 11 is 0. The van der Waals surface area contributed by atoms with Gasteiger partial charge in [0.15, 0.2) is 5.78 Å². The number of alkyl halides is 3. The zero-order valence-electron chi connectivity index (χ0n) is 20.4. The molecule has 2 rings (SSSR count). The molecule has 0 fully saturated rings. The van der Waals surface area contributed by atoms with E-state index in [4.69, 9.17) is 4.74 Å². The minimum atomic E-state index is -4.65. The van der Waals surface area contributed by atoms with Crippen molar-refractivity contribution in [2.45, 2.75) is 32.2 Å². The first-order valence-electron chi connectivity index (χ1n) is 11.3. The molecule has 0 saturated carbocycles. The van der Waals surface area contributed by atoms with E-state index in [9.17, 15) is 27.9 Å². The fourth-order valence-corrected chi connectivity index (χ4v) is 3.26. The number of ether oxygens (including phenoxy) is 1. The fourth-order valence-electron chi connectivity index (χ4n) is 3.26. The molecule has 0 bridgehead atoms. The average molecular weight is 519 g/mol. The van der Waals surface area contributed by atoms with Crippen LogP contribution in [0.5, 0.6) is 5.75 Å². The van der Waals surface area contributed by atoms with E-state index in [2.05, 4.69) is 27.7 Å². The number of urea groups is 1. The van der Waals surface area contributed by atoms with Crippen molar-refractivity contribution in [1.29, 1.82) is 0 Å². The number of aliphatic hydroxyl groups excluding tert-OH is 1. The Morgan fingerprint density at radius 2 is 1.92 bits per heavy atom. The van der Waals surface area contributed by atoms with E-state index < -0.39 is 36.6 Å². The van der Waals surface area contributed by atoms with E-state index in [1.165, 1.54) is 18.4 Å². The summed E-state index contributed by atoms with van der Waals surface area (Å²) in [5.41, 5.74) is 0.0188. The van der Waals surface area contributed by atoms with Crippen molar-refractivity contribution in [2.75, 3.05) is 12.4 Å². The zero-order chi connectivity index (χ0) is 27.4. The van der Waals surface area contributed by atoms with Gasteiger partial charge in [-0.1, -0.05) is 12.2 Å². The van der Waals surface area contributed by atoms with Gasteiger partial charge in [0.1, 0.15) is 17.7 Å². The summed E-state index contributed by atoms with van der Waals surface area (Å²) < 4.78 is 46.4. The Morgan fingerprint density at radius 1 is 1.22 bits per heavy atom. The number of benzene rings is 1. The van der Waals surface area contributed by atoms with Crippen molar-refractivity contribution in [3.8, 4) is 5.75 Å². The largest absolute Gasteiger partial charge is 0.458 e. The number of carbonyl (C=O) groups is 2. The molecule has 1 aliphatic rings. The summed E-state index contributed by atoms with van der Waals surface area (Å²) in [6.45, 7) is 4.90. The van der Waals surface area contributed by atoms with Crippen molar-refractivity contribution in [3.63, 3.8) is 0 Å². The number of aliphatic imine (C=N–C) groups is 1. The van der Waals surface area contributed by atoms with Gasteiger partial charge in [0, 0.05) is 36.0 Å². The highest BCUT2D eigenvalue weighted by molar-refractivity contribution is 6.05. The molecule has 198 valence electrons. The Bertz CT molecular complexity index is 1120. The minimum Gasteiger partial charge on any atom is -0.458 e. The first kappa shape index (κ1) is 29.3. The lowest BCUT2D eigenvalue weighted by Gasteiger charge is -2.26. The van der Waals surface area contributed by atoms with Crippen LogP contribution >= 0.6 is 0 Å². The molecule has 4 N–H and O–H groups in total. The molecule has 1 aromatic rings. The molecular weight excluding hydrogens is 489 g/mol. The standard InChI is InChI=1S/C26H29F3N4O4/c1-4-5-23(34)21-12-8-18(16-22(21)26(27,28)29)33-25(36)32-17-6-9-19(10-7-17)37-20(14-15-30-2)11-13-24(35)31-3/h4-12,14-15,22,24,31,35H,2,13,16H2,1,3H3,(H2,32,33,36). The van der Waals surface area contributed by atoms with E-state index in [1.54, 1.807) is 50.4 Å². The molecule has 0 spiro atoms. The number of carbonyl (C=O) groups excluding carboxylic acids is 2. The van der Waals surface area contributed by atoms with Gasteiger partial charge in [0.25, 0.3) is 0 Å². The maximum Gasteiger partial charge on any atom is 0.396 e. The van der Waals surface area contributed by atoms with Gasteiger partial charge >= 0.3 is 12.2 Å². The highest BCUT2D eigenvalue weighted by atomic mass is 19.4. The maximum absolute atomic E-state index is 13.5. The second kappa shape index (κ2) is 14.0. The third kappa shape index (κ3) is 9.54. The summed E-state index contributed by atoms with van der Waals surface area (Å²) in [7, 11) is 1.61. The molecule has 8 nitrogen and oxygen atoms in total. The Hall–Kier alpha value is -3.96. The van der Waals surface area contributed by atoms with E-state index in [1.807, 2.05) is 0 Å². The molecule has 2 unspecified atom stereocenters. The summed E-state index contributed by atoms with van der Waals surface area (Å²) in [4.78, 5) is 28.0. The Labute approximate surface area is 213 Å². The second-order valence-electron chi connectivity index (χ2n) is 7.83. The van der Waals surface area contributed by atoms with Crippen LogP contribution in [0.4, 0.5) is 23.7 Å². The predicted octanol–water partition coefficient (Wildman–Crippen LogP) is 4.75. The van der Waals surface area contributed by atoms with Gasteiger partial charge in [0.2, 0.25) is 0 Å². The zero-order valence-corrected chi connectivity index (χ0v) is 20.4. The molecule has 0 saturated heterocycles. The van der Waals surface area contributed by atoms with Crippen LogP contribution in [0.3, 0.4) is 0 Å².